The first-order chi connectivity index (χ1) is 17.3. The van der Waals surface area contributed by atoms with Crippen LogP contribution in [0.4, 0.5) is 16.0 Å². The van der Waals surface area contributed by atoms with E-state index in [4.69, 9.17) is 4.74 Å². The van der Waals surface area contributed by atoms with Crippen LogP contribution in [0.25, 0.3) is 0 Å². The third kappa shape index (κ3) is 6.00. The van der Waals surface area contributed by atoms with Crippen LogP contribution < -0.4 is 14.4 Å². The van der Waals surface area contributed by atoms with Gasteiger partial charge in [0.05, 0.1) is 23.2 Å². The molecule has 3 aromatic rings. The minimum atomic E-state index is -3.48. The molecular weight excluding hydrogens is 493 g/mol. The Balaban J connectivity index is 1.49. The number of hydrogen-bond donors (Lipinski definition) is 1. The number of nitrogens with one attached hydrogen (secondary N) is 1. The summed E-state index contributed by atoms with van der Waals surface area (Å²) >= 11 is 0. The number of rotatable bonds is 8. The first kappa shape index (κ1) is 26.4. The molecule has 0 atom stereocenters. The van der Waals surface area contributed by atoms with E-state index in [1.165, 1.54) is 12.3 Å². The van der Waals surface area contributed by atoms with Crippen LogP contribution in [0.3, 0.4) is 0 Å². The molecule has 0 radical (unpaired) electrons. The fraction of sp³-hybridized carbons (Fsp3) is 0.370. The normalized spacial score (nSPS) is 15.0. The Labute approximate surface area is 217 Å². The van der Waals surface area contributed by atoms with Crippen molar-refractivity contribution in [2.45, 2.75) is 39.7 Å². The molecule has 0 spiro atoms. The maximum Gasteiger partial charge on any atom is 0.236 e. The summed E-state index contributed by atoms with van der Waals surface area (Å²) in [6.45, 7) is 9.78. The minimum Gasteiger partial charge on any atom is -0.487 e. The standard InChI is InChI=1S/C27H30FN5O3S/c1-26(2)16-33(17-26)24-18(14-29)12-20(13-23(24)28)27(3,4)19-6-8-22(9-7-19)36-15-21-10-11-30-25(31-21)32-37(5,34)35/h6-13H,15-17H2,1-5H3,(H,30,31,32). The van der Waals surface area contributed by atoms with Crippen LogP contribution >= 0.6 is 0 Å². The number of sulfonamides is 1. The summed E-state index contributed by atoms with van der Waals surface area (Å²) in [6, 6.07) is 14.6. The van der Waals surface area contributed by atoms with Gasteiger partial charge < -0.3 is 9.64 Å². The first-order valence-electron chi connectivity index (χ1n) is 11.8. The lowest BCUT2D eigenvalue weighted by molar-refractivity contribution is 0.274. The molecule has 10 heteroatoms. The summed E-state index contributed by atoms with van der Waals surface area (Å²) in [5.41, 5.74) is 2.43. The van der Waals surface area contributed by atoms with Crippen molar-refractivity contribution in [3.63, 3.8) is 0 Å². The Kier molecular flexibility index (Phi) is 6.86. The molecule has 0 bridgehead atoms. The minimum absolute atomic E-state index is 0.0199. The van der Waals surface area contributed by atoms with Gasteiger partial charge in [0, 0.05) is 24.7 Å². The van der Waals surface area contributed by atoms with Crippen molar-refractivity contribution in [1.29, 1.82) is 5.26 Å². The van der Waals surface area contributed by atoms with Crippen LogP contribution in [0.5, 0.6) is 5.75 Å². The average Bonchev–Trinajstić information content (AvgIpc) is 2.80. The van der Waals surface area contributed by atoms with Crippen molar-refractivity contribution in [2.75, 3.05) is 29.0 Å². The molecule has 8 nitrogen and oxygen atoms in total. The summed E-state index contributed by atoms with van der Waals surface area (Å²) in [5.74, 6) is 0.191. The molecule has 0 amide bonds. The van der Waals surface area contributed by atoms with E-state index in [1.807, 2.05) is 43.0 Å². The highest BCUT2D eigenvalue weighted by Crippen LogP contribution is 2.40. The molecule has 0 unspecified atom stereocenters. The Morgan fingerprint density at radius 3 is 2.43 bits per heavy atom. The lowest BCUT2D eigenvalue weighted by Crippen LogP contribution is -2.53. The number of anilines is 2. The van der Waals surface area contributed by atoms with Gasteiger partial charge in [-0.05, 0) is 46.9 Å². The second kappa shape index (κ2) is 9.63. The highest BCUT2D eigenvalue weighted by Gasteiger charge is 2.37. The summed E-state index contributed by atoms with van der Waals surface area (Å²) in [7, 11) is -3.48. The van der Waals surface area contributed by atoms with E-state index in [0.29, 0.717) is 41.3 Å². The molecule has 1 aliphatic rings. The number of halogens is 1. The van der Waals surface area contributed by atoms with Crippen molar-refractivity contribution >= 4 is 21.7 Å². The highest BCUT2D eigenvalue weighted by atomic mass is 32.2. The third-order valence-electron chi connectivity index (χ3n) is 6.41. The van der Waals surface area contributed by atoms with Gasteiger partial charge in [0.1, 0.15) is 24.2 Å². The third-order valence-corrected chi connectivity index (χ3v) is 6.97. The largest absolute Gasteiger partial charge is 0.487 e. The molecule has 1 aromatic heterocycles. The smallest absolute Gasteiger partial charge is 0.236 e. The van der Waals surface area contributed by atoms with Gasteiger partial charge in [0.15, 0.2) is 0 Å². The maximum absolute atomic E-state index is 15.3. The SMILES string of the molecule is CC1(C)CN(c2c(F)cc(C(C)(C)c3ccc(OCc4ccnc(NS(C)(=O)=O)n4)cc3)cc2C#N)C1. The van der Waals surface area contributed by atoms with Crippen molar-refractivity contribution < 1.29 is 17.5 Å². The van der Waals surface area contributed by atoms with Crippen molar-refractivity contribution in [3.05, 3.63) is 76.9 Å². The van der Waals surface area contributed by atoms with Crippen LogP contribution in [0.1, 0.15) is 50.1 Å². The molecule has 1 saturated heterocycles. The highest BCUT2D eigenvalue weighted by molar-refractivity contribution is 7.91. The zero-order chi connectivity index (χ0) is 27.0. The Hall–Kier alpha value is -3.71. The summed E-state index contributed by atoms with van der Waals surface area (Å²) in [5, 5.41) is 9.76. The molecular formula is C27H30FN5O3S. The van der Waals surface area contributed by atoms with Gasteiger partial charge in [-0.1, -0.05) is 39.8 Å². The van der Waals surface area contributed by atoms with E-state index in [9.17, 15) is 13.7 Å². The Morgan fingerprint density at radius 2 is 1.84 bits per heavy atom. The predicted molar refractivity (Wildman–Crippen MR) is 141 cm³/mol. The molecule has 194 valence electrons. The van der Waals surface area contributed by atoms with Gasteiger partial charge >= 0.3 is 0 Å². The van der Waals surface area contributed by atoms with Gasteiger partial charge in [-0.2, -0.15) is 5.26 Å². The van der Waals surface area contributed by atoms with Crippen molar-refractivity contribution in [3.8, 4) is 11.8 Å². The number of benzene rings is 2. The molecule has 2 aromatic carbocycles. The molecule has 1 aliphatic heterocycles. The zero-order valence-electron chi connectivity index (χ0n) is 21.5. The average molecular weight is 524 g/mol. The fourth-order valence-corrected chi connectivity index (χ4v) is 4.92. The molecule has 37 heavy (non-hydrogen) atoms. The summed E-state index contributed by atoms with van der Waals surface area (Å²) in [6.07, 6.45) is 2.48. The van der Waals surface area contributed by atoms with E-state index >= 15 is 4.39 Å². The van der Waals surface area contributed by atoms with Gasteiger partial charge in [0.25, 0.3) is 0 Å². The molecule has 1 N–H and O–H groups in total. The fourth-order valence-electron chi connectivity index (χ4n) is 4.49. The van der Waals surface area contributed by atoms with Crippen LogP contribution in [-0.2, 0) is 22.0 Å². The number of aromatic nitrogens is 2. The van der Waals surface area contributed by atoms with Crippen molar-refractivity contribution in [2.24, 2.45) is 5.41 Å². The quantitative estimate of drug-likeness (QED) is 0.459. The van der Waals surface area contributed by atoms with Gasteiger partial charge in [0.2, 0.25) is 16.0 Å². The van der Waals surface area contributed by atoms with E-state index in [0.717, 1.165) is 11.8 Å². The van der Waals surface area contributed by atoms with Crippen molar-refractivity contribution in [1.82, 2.24) is 9.97 Å². The van der Waals surface area contributed by atoms with Crippen LogP contribution in [0.15, 0.2) is 48.7 Å². The lowest BCUT2D eigenvalue weighted by Gasteiger charge is -2.47. The topological polar surface area (TPSA) is 108 Å². The van der Waals surface area contributed by atoms with E-state index in [2.05, 4.69) is 34.6 Å². The summed E-state index contributed by atoms with van der Waals surface area (Å²) in [4.78, 5) is 9.95. The number of hydrogen-bond acceptors (Lipinski definition) is 7. The Bertz CT molecular complexity index is 1460. The second-order valence-electron chi connectivity index (χ2n) is 10.7. The number of nitrogens with zero attached hydrogens (tertiary/aromatic N) is 4. The van der Waals surface area contributed by atoms with Gasteiger partial charge in [-0.25, -0.2) is 22.8 Å². The lowest BCUT2D eigenvalue weighted by atomic mass is 9.77. The van der Waals surface area contributed by atoms with Gasteiger partial charge in [-0.3, -0.25) is 4.72 Å². The first-order valence-corrected chi connectivity index (χ1v) is 13.7. The zero-order valence-corrected chi connectivity index (χ0v) is 22.4. The predicted octanol–water partition coefficient (Wildman–Crippen LogP) is 4.61. The Morgan fingerprint density at radius 1 is 1.16 bits per heavy atom. The molecule has 1 fully saturated rings. The van der Waals surface area contributed by atoms with Crippen LogP contribution in [0, 0.1) is 22.6 Å². The molecule has 2 heterocycles. The van der Waals surface area contributed by atoms with Crippen LogP contribution in [0.2, 0.25) is 0 Å². The van der Waals surface area contributed by atoms with E-state index < -0.39 is 15.4 Å². The number of nitriles is 1. The van der Waals surface area contributed by atoms with E-state index in [-0.39, 0.29) is 23.8 Å². The number of ether oxygens (including phenoxy) is 1. The second-order valence-corrected chi connectivity index (χ2v) is 12.4. The van der Waals surface area contributed by atoms with Gasteiger partial charge in [-0.15, -0.1) is 0 Å². The monoisotopic (exact) mass is 523 g/mol. The summed E-state index contributed by atoms with van der Waals surface area (Å²) < 4.78 is 46.1. The van der Waals surface area contributed by atoms with Crippen LogP contribution in [-0.4, -0.2) is 37.7 Å². The molecule has 0 saturated carbocycles. The molecule has 0 aliphatic carbocycles. The maximum atomic E-state index is 15.3. The van der Waals surface area contributed by atoms with E-state index in [1.54, 1.807) is 12.1 Å². The molecule has 4 rings (SSSR count).